The summed E-state index contributed by atoms with van der Waals surface area (Å²) < 4.78 is 39.5. The zero-order valence-corrected chi connectivity index (χ0v) is 11.5. The number of rotatable bonds is 4. The number of benzene rings is 1. The molecule has 1 saturated carbocycles. The van der Waals surface area contributed by atoms with Crippen molar-refractivity contribution < 1.29 is 13.2 Å². The first-order valence-corrected chi connectivity index (χ1v) is 7.17. The van der Waals surface area contributed by atoms with Gasteiger partial charge in [-0.15, -0.1) is 0 Å². The number of hydrogen-bond acceptors (Lipinski definition) is 2. The van der Waals surface area contributed by atoms with Crippen LogP contribution < -0.4 is 10.6 Å². The van der Waals surface area contributed by atoms with Gasteiger partial charge in [-0.2, -0.15) is 13.2 Å². The molecule has 0 aliphatic heterocycles. The van der Waals surface area contributed by atoms with Crippen molar-refractivity contribution in [3.05, 3.63) is 29.8 Å². The smallest absolute Gasteiger partial charge is 0.367 e. The molecule has 1 aromatic carbocycles. The van der Waals surface area contributed by atoms with Crippen LogP contribution in [-0.4, -0.2) is 19.1 Å². The largest absolute Gasteiger partial charge is 0.418 e. The summed E-state index contributed by atoms with van der Waals surface area (Å²) in [6.45, 7) is 0.834. The molecule has 0 radical (unpaired) electrons. The average Bonchev–Trinajstić information content (AvgIpc) is 2.45. The molecule has 0 saturated heterocycles. The maximum absolute atomic E-state index is 13.2. The molecular formula is C15H21F3N2. The van der Waals surface area contributed by atoms with E-state index in [9.17, 15) is 13.2 Å². The van der Waals surface area contributed by atoms with Gasteiger partial charge in [-0.1, -0.05) is 31.4 Å². The van der Waals surface area contributed by atoms with Crippen molar-refractivity contribution >= 4 is 5.69 Å². The summed E-state index contributed by atoms with van der Waals surface area (Å²) >= 11 is 0. The summed E-state index contributed by atoms with van der Waals surface area (Å²) in [6.07, 6.45) is 0.921. The van der Waals surface area contributed by atoms with Crippen molar-refractivity contribution in [3.63, 3.8) is 0 Å². The highest BCUT2D eigenvalue weighted by Crippen LogP contribution is 2.38. The topological polar surface area (TPSA) is 29.3 Å². The van der Waals surface area contributed by atoms with Crippen molar-refractivity contribution in [2.24, 2.45) is 5.73 Å². The van der Waals surface area contributed by atoms with Crippen LogP contribution in [0.2, 0.25) is 0 Å². The predicted octanol–water partition coefficient (Wildman–Crippen LogP) is 3.80. The molecule has 0 atom stereocenters. The Labute approximate surface area is 117 Å². The predicted molar refractivity (Wildman–Crippen MR) is 74.7 cm³/mol. The summed E-state index contributed by atoms with van der Waals surface area (Å²) in [5.74, 6) is 0. The highest BCUT2D eigenvalue weighted by Gasteiger charge is 2.35. The lowest BCUT2D eigenvalue weighted by Gasteiger charge is -2.37. The van der Waals surface area contributed by atoms with Crippen LogP contribution in [-0.2, 0) is 6.18 Å². The molecule has 0 unspecified atom stereocenters. The quantitative estimate of drug-likeness (QED) is 0.912. The van der Waals surface area contributed by atoms with Crippen LogP contribution in [0.3, 0.4) is 0 Å². The van der Waals surface area contributed by atoms with E-state index in [0.717, 1.165) is 31.7 Å². The Morgan fingerprint density at radius 2 is 1.75 bits per heavy atom. The van der Waals surface area contributed by atoms with Gasteiger partial charge < -0.3 is 10.6 Å². The van der Waals surface area contributed by atoms with Gasteiger partial charge in [-0.25, -0.2) is 0 Å². The van der Waals surface area contributed by atoms with Crippen molar-refractivity contribution in [2.75, 3.05) is 18.0 Å². The molecule has 0 heterocycles. The number of nitrogens with zero attached hydrogens (tertiary/aromatic N) is 1. The minimum absolute atomic E-state index is 0.177. The first-order valence-electron chi connectivity index (χ1n) is 7.17. The lowest BCUT2D eigenvalue weighted by molar-refractivity contribution is -0.137. The van der Waals surface area contributed by atoms with E-state index >= 15 is 0 Å². The number of para-hydroxylation sites is 1. The molecule has 20 heavy (non-hydrogen) atoms. The van der Waals surface area contributed by atoms with Crippen LogP contribution in [0.5, 0.6) is 0 Å². The third-order valence-electron chi connectivity index (χ3n) is 3.90. The molecule has 1 fully saturated rings. The minimum atomic E-state index is -4.32. The molecule has 112 valence electrons. The zero-order chi connectivity index (χ0) is 14.6. The summed E-state index contributed by atoms with van der Waals surface area (Å²) in [5, 5.41) is 0. The molecule has 5 heteroatoms. The van der Waals surface area contributed by atoms with Crippen molar-refractivity contribution in [3.8, 4) is 0 Å². The van der Waals surface area contributed by atoms with E-state index in [1.807, 2.05) is 4.90 Å². The standard InChI is InChI=1S/C15H21F3N2/c16-15(17,18)13-8-4-5-9-14(13)20(11-10-19)12-6-2-1-3-7-12/h4-5,8-9,12H,1-3,6-7,10-11,19H2. The molecule has 1 aromatic rings. The maximum Gasteiger partial charge on any atom is 0.418 e. The highest BCUT2D eigenvalue weighted by atomic mass is 19.4. The zero-order valence-electron chi connectivity index (χ0n) is 11.5. The van der Waals surface area contributed by atoms with Crippen molar-refractivity contribution in [1.29, 1.82) is 0 Å². The van der Waals surface area contributed by atoms with Gasteiger partial charge in [0.1, 0.15) is 0 Å². The Balaban J connectivity index is 2.33. The van der Waals surface area contributed by atoms with E-state index < -0.39 is 11.7 Å². The van der Waals surface area contributed by atoms with Gasteiger partial charge in [0.25, 0.3) is 0 Å². The third kappa shape index (κ3) is 3.45. The number of anilines is 1. The van der Waals surface area contributed by atoms with E-state index in [4.69, 9.17) is 5.73 Å². The first-order chi connectivity index (χ1) is 9.54. The fourth-order valence-corrected chi connectivity index (χ4v) is 3.00. The first kappa shape index (κ1) is 15.2. The van der Waals surface area contributed by atoms with Gasteiger partial charge in [-0.3, -0.25) is 0 Å². The second kappa shape index (κ2) is 6.48. The van der Waals surface area contributed by atoms with Crippen LogP contribution in [0.25, 0.3) is 0 Å². The van der Waals surface area contributed by atoms with Crippen LogP contribution >= 0.6 is 0 Å². The van der Waals surface area contributed by atoms with Crippen LogP contribution in [0.15, 0.2) is 24.3 Å². The SMILES string of the molecule is NCCN(c1ccccc1C(F)(F)F)C1CCCCC1. The third-order valence-corrected chi connectivity index (χ3v) is 3.90. The van der Waals surface area contributed by atoms with Crippen molar-refractivity contribution in [2.45, 2.75) is 44.3 Å². The Hall–Kier alpha value is -1.23. The lowest BCUT2D eigenvalue weighted by atomic mass is 9.93. The molecule has 1 aliphatic carbocycles. The van der Waals surface area contributed by atoms with Gasteiger partial charge in [0.2, 0.25) is 0 Å². The fourth-order valence-electron chi connectivity index (χ4n) is 3.00. The molecule has 0 aromatic heterocycles. The number of nitrogens with two attached hydrogens (primary N) is 1. The molecule has 0 bridgehead atoms. The maximum atomic E-state index is 13.2. The molecular weight excluding hydrogens is 265 g/mol. The van der Waals surface area contributed by atoms with Crippen LogP contribution in [0.1, 0.15) is 37.7 Å². The summed E-state index contributed by atoms with van der Waals surface area (Å²) in [4.78, 5) is 1.86. The van der Waals surface area contributed by atoms with Crippen LogP contribution in [0, 0.1) is 0 Å². The Morgan fingerprint density at radius 1 is 1.10 bits per heavy atom. The highest BCUT2D eigenvalue weighted by molar-refractivity contribution is 5.56. The summed E-state index contributed by atoms with van der Waals surface area (Å²) in [5.41, 5.74) is 5.33. The number of halogens is 3. The Morgan fingerprint density at radius 3 is 2.35 bits per heavy atom. The normalized spacial score (nSPS) is 17.2. The van der Waals surface area contributed by atoms with E-state index in [2.05, 4.69) is 0 Å². The average molecular weight is 286 g/mol. The van der Waals surface area contributed by atoms with E-state index in [1.54, 1.807) is 12.1 Å². The second-order valence-corrected chi connectivity index (χ2v) is 5.29. The van der Waals surface area contributed by atoms with Crippen LogP contribution in [0.4, 0.5) is 18.9 Å². The minimum Gasteiger partial charge on any atom is -0.367 e. The molecule has 0 spiro atoms. The van der Waals surface area contributed by atoms with E-state index in [-0.39, 0.29) is 11.7 Å². The number of hydrogen-bond donors (Lipinski definition) is 1. The van der Waals surface area contributed by atoms with Gasteiger partial charge in [0, 0.05) is 24.8 Å². The van der Waals surface area contributed by atoms with Gasteiger partial charge in [0.15, 0.2) is 0 Å². The van der Waals surface area contributed by atoms with Gasteiger partial charge in [-0.05, 0) is 25.0 Å². The Bertz CT molecular complexity index is 425. The van der Waals surface area contributed by atoms with Gasteiger partial charge in [0.05, 0.1) is 5.56 Å². The van der Waals surface area contributed by atoms with Gasteiger partial charge >= 0.3 is 6.18 Å². The van der Waals surface area contributed by atoms with E-state index in [0.29, 0.717) is 13.1 Å². The molecule has 0 amide bonds. The Kier molecular flexibility index (Phi) is 4.91. The van der Waals surface area contributed by atoms with Crippen molar-refractivity contribution in [1.82, 2.24) is 0 Å². The molecule has 1 aliphatic rings. The summed E-state index contributed by atoms with van der Waals surface area (Å²) in [6, 6.07) is 6.00. The number of alkyl halides is 3. The molecule has 2 rings (SSSR count). The monoisotopic (exact) mass is 286 g/mol. The van der Waals surface area contributed by atoms with E-state index in [1.165, 1.54) is 12.5 Å². The second-order valence-electron chi connectivity index (χ2n) is 5.29. The fraction of sp³-hybridized carbons (Fsp3) is 0.600. The molecule has 2 N–H and O–H groups in total. The molecule has 2 nitrogen and oxygen atoms in total. The lowest BCUT2D eigenvalue weighted by Crippen LogP contribution is -2.41. The summed E-state index contributed by atoms with van der Waals surface area (Å²) in [7, 11) is 0.